The lowest BCUT2D eigenvalue weighted by Gasteiger charge is -2.30. The standard InChI is InChI=1S/C12H16O4.H3N/c13-12(14)8-16-11-5-2-1-4-9(11)10-6-3-7-15-10;/h3,6-7,9,11H,1-2,4-5,8H2,(H,13,14);1H3. The summed E-state index contributed by atoms with van der Waals surface area (Å²) in [6.45, 7) is -0.331. The SMILES string of the molecule is O=C([O-])COC1CCCCC1c1ccco1.[NH4+]. The highest BCUT2D eigenvalue weighted by atomic mass is 16.5. The zero-order valence-electron chi connectivity index (χ0n) is 10.1. The minimum atomic E-state index is -1.16. The van der Waals surface area contributed by atoms with Crippen molar-refractivity contribution in [2.24, 2.45) is 0 Å². The van der Waals surface area contributed by atoms with Gasteiger partial charge in [-0.25, -0.2) is 0 Å². The van der Waals surface area contributed by atoms with E-state index in [4.69, 9.17) is 9.15 Å². The van der Waals surface area contributed by atoms with Crippen molar-refractivity contribution in [3.8, 4) is 0 Å². The molecule has 0 aromatic carbocycles. The molecule has 1 aromatic heterocycles. The van der Waals surface area contributed by atoms with E-state index in [1.165, 1.54) is 0 Å². The first kappa shape index (κ1) is 13.7. The first-order valence-electron chi connectivity index (χ1n) is 5.62. The third kappa shape index (κ3) is 3.57. The molecule has 2 rings (SSSR count). The zero-order valence-corrected chi connectivity index (χ0v) is 10.1. The number of quaternary nitrogens is 1. The van der Waals surface area contributed by atoms with E-state index in [0.717, 1.165) is 31.4 Å². The smallest absolute Gasteiger partial charge is 0.109 e. The number of carboxylic acids is 1. The lowest BCUT2D eigenvalue weighted by atomic mass is 9.85. The molecule has 5 heteroatoms. The molecule has 1 aliphatic rings. The summed E-state index contributed by atoms with van der Waals surface area (Å²) in [5.74, 6) is -0.0880. The van der Waals surface area contributed by atoms with Crippen LogP contribution in [-0.2, 0) is 9.53 Å². The normalized spacial score (nSPS) is 24.0. The van der Waals surface area contributed by atoms with Crippen LogP contribution >= 0.6 is 0 Å². The van der Waals surface area contributed by atoms with Crippen molar-refractivity contribution in [2.45, 2.75) is 37.7 Å². The fraction of sp³-hybridized carbons (Fsp3) is 0.583. The van der Waals surface area contributed by atoms with Crippen molar-refractivity contribution in [1.82, 2.24) is 6.15 Å². The summed E-state index contributed by atoms with van der Waals surface area (Å²) < 4.78 is 10.7. The van der Waals surface area contributed by atoms with Crippen molar-refractivity contribution in [3.05, 3.63) is 24.2 Å². The van der Waals surface area contributed by atoms with Crippen LogP contribution in [0.3, 0.4) is 0 Å². The van der Waals surface area contributed by atoms with Gasteiger partial charge >= 0.3 is 0 Å². The number of hydrogen-bond acceptors (Lipinski definition) is 4. The highest BCUT2D eigenvalue weighted by molar-refractivity contribution is 5.65. The Morgan fingerprint density at radius 2 is 2.24 bits per heavy atom. The Hall–Kier alpha value is -1.33. The van der Waals surface area contributed by atoms with E-state index in [-0.39, 0.29) is 24.8 Å². The van der Waals surface area contributed by atoms with Crippen molar-refractivity contribution < 1.29 is 19.1 Å². The van der Waals surface area contributed by atoms with Gasteiger partial charge < -0.3 is 25.2 Å². The maximum Gasteiger partial charge on any atom is 0.109 e. The average molecular weight is 241 g/mol. The minimum Gasteiger partial charge on any atom is -0.548 e. The van der Waals surface area contributed by atoms with Gasteiger partial charge in [-0.3, -0.25) is 0 Å². The molecule has 2 atom stereocenters. The topological polar surface area (TPSA) is 99.0 Å². The highest BCUT2D eigenvalue weighted by Gasteiger charge is 2.28. The van der Waals surface area contributed by atoms with Crippen LogP contribution in [0, 0.1) is 0 Å². The molecule has 96 valence electrons. The van der Waals surface area contributed by atoms with Crippen LogP contribution in [0.15, 0.2) is 22.8 Å². The first-order valence-corrected chi connectivity index (χ1v) is 5.62. The summed E-state index contributed by atoms with van der Waals surface area (Å²) in [6, 6.07) is 3.77. The van der Waals surface area contributed by atoms with E-state index in [2.05, 4.69) is 0 Å². The maximum atomic E-state index is 10.4. The quantitative estimate of drug-likeness (QED) is 0.862. The number of carbonyl (C=O) groups excluding carboxylic acids is 1. The molecular weight excluding hydrogens is 222 g/mol. The van der Waals surface area contributed by atoms with Gasteiger partial charge in [-0.15, -0.1) is 0 Å². The number of aliphatic carboxylic acids is 1. The number of furan rings is 1. The number of rotatable bonds is 4. The van der Waals surface area contributed by atoms with Crippen LogP contribution in [0.5, 0.6) is 0 Å². The number of carbonyl (C=O) groups is 1. The number of ether oxygens (including phenoxy) is 1. The van der Waals surface area contributed by atoms with E-state index in [9.17, 15) is 9.90 Å². The van der Waals surface area contributed by atoms with Crippen molar-refractivity contribution in [3.63, 3.8) is 0 Å². The molecule has 17 heavy (non-hydrogen) atoms. The molecule has 0 saturated heterocycles. The summed E-state index contributed by atoms with van der Waals surface area (Å²) in [7, 11) is 0. The molecule has 1 aliphatic carbocycles. The largest absolute Gasteiger partial charge is 0.548 e. The third-order valence-corrected chi connectivity index (χ3v) is 3.03. The van der Waals surface area contributed by atoms with Gasteiger partial charge in [0.2, 0.25) is 0 Å². The molecular formula is C12H19NO4. The van der Waals surface area contributed by atoms with Gasteiger partial charge in [0.05, 0.1) is 24.9 Å². The lowest BCUT2D eigenvalue weighted by Crippen LogP contribution is -2.33. The Morgan fingerprint density at radius 1 is 1.47 bits per heavy atom. The Kier molecular flexibility index (Phi) is 5.18. The summed E-state index contributed by atoms with van der Waals surface area (Å²) in [4.78, 5) is 10.4. The molecule has 0 amide bonds. The number of carboxylic acid groups (broad SMARTS) is 1. The Bertz CT molecular complexity index is 336. The Morgan fingerprint density at radius 3 is 2.88 bits per heavy atom. The minimum absolute atomic E-state index is 0. The van der Waals surface area contributed by atoms with Gasteiger partial charge in [-0.2, -0.15) is 0 Å². The zero-order chi connectivity index (χ0) is 11.4. The summed E-state index contributed by atoms with van der Waals surface area (Å²) >= 11 is 0. The molecule has 2 unspecified atom stereocenters. The van der Waals surface area contributed by atoms with Gasteiger partial charge in [0.25, 0.3) is 0 Å². The number of hydrogen-bond donors (Lipinski definition) is 1. The third-order valence-electron chi connectivity index (χ3n) is 3.03. The van der Waals surface area contributed by atoms with Crippen LogP contribution < -0.4 is 11.3 Å². The van der Waals surface area contributed by atoms with E-state index >= 15 is 0 Å². The Labute approximate surface area is 100 Å². The fourth-order valence-corrected chi connectivity index (χ4v) is 2.30. The summed E-state index contributed by atoms with van der Waals surface area (Å²) in [5, 5.41) is 10.4. The molecule has 1 fully saturated rings. The van der Waals surface area contributed by atoms with Gasteiger partial charge in [0.1, 0.15) is 5.76 Å². The van der Waals surface area contributed by atoms with Gasteiger partial charge in [0.15, 0.2) is 0 Å². The van der Waals surface area contributed by atoms with Crippen molar-refractivity contribution >= 4 is 5.97 Å². The lowest BCUT2D eigenvalue weighted by molar-refractivity contribution is -0.311. The maximum absolute atomic E-state index is 10.4. The predicted molar refractivity (Wildman–Crippen MR) is 60.6 cm³/mol. The molecule has 0 bridgehead atoms. The van der Waals surface area contributed by atoms with E-state index in [0.29, 0.717) is 0 Å². The molecule has 0 spiro atoms. The van der Waals surface area contributed by atoms with Crippen LogP contribution in [0.4, 0.5) is 0 Å². The van der Waals surface area contributed by atoms with Gasteiger partial charge in [0, 0.05) is 5.92 Å². The van der Waals surface area contributed by atoms with Gasteiger partial charge in [-0.05, 0) is 25.0 Å². The van der Waals surface area contributed by atoms with Crippen molar-refractivity contribution in [1.29, 1.82) is 0 Å². The molecule has 1 aromatic rings. The van der Waals surface area contributed by atoms with Crippen LogP contribution in [0.1, 0.15) is 37.4 Å². The van der Waals surface area contributed by atoms with Crippen LogP contribution in [0.2, 0.25) is 0 Å². The van der Waals surface area contributed by atoms with Crippen LogP contribution in [0.25, 0.3) is 0 Å². The van der Waals surface area contributed by atoms with E-state index in [1.807, 2.05) is 12.1 Å². The summed E-state index contributed by atoms with van der Waals surface area (Å²) in [5.41, 5.74) is 0. The average Bonchev–Trinajstić information content (AvgIpc) is 2.80. The van der Waals surface area contributed by atoms with E-state index < -0.39 is 5.97 Å². The van der Waals surface area contributed by atoms with Crippen LogP contribution in [-0.4, -0.2) is 18.7 Å². The summed E-state index contributed by atoms with van der Waals surface area (Å²) in [6.07, 6.45) is 5.67. The Balaban J connectivity index is 0.00000144. The second-order valence-electron chi connectivity index (χ2n) is 4.13. The predicted octanol–water partition coefficient (Wildman–Crippen LogP) is 1.45. The second-order valence-corrected chi connectivity index (χ2v) is 4.13. The molecule has 4 N–H and O–H groups in total. The van der Waals surface area contributed by atoms with E-state index in [1.54, 1.807) is 6.26 Å². The molecule has 1 heterocycles. The first-order chi connectivity index (χ1) is 7.77. The molecule has 1 saturated carbocycles. The second kappa shape index (κ2) is 6.42. The molecule has 0 aliphatic heterocycles. The van der Waals surface area contributed by atoms with Gasteiger partial charge in [-0.1, -0.05) is 12.8 Å². The highest BCUT2D eigenvalue weighted by Crippen LogP contribution is 2.35. The van der Waals surface area contributed by atoms with Crippen molar-refractivity contribution in [2.75, 3.05) is 6.61 Å². The molecule has 0 radical (unpaired) electrons. The molecule has 5 nitrogen and oxygen atoms in total. The fourth-order valence-electron chi connectivity index (χ4n) is 2.30. The monoisotopic (exact) mass is 241 g/mol.